The van der Waals surface area contributed by atoms with Crippen molar-refractivity contribution >= 4 is 21.6 Å². The molecule has 7 nitrogen and oxygen atoms in total. The number of hydrogen-bond acceptors (Lipinski definition) is 5. The monoisotopic (exact) mass is 482 g/mol. The molecular formula is C26H30N2O5S. The molecule has 0 saturated heterocycles. The quantitative estimate of drug-likeness (QED) is 0.438. The molecule has 0 aliphatic carbocycles. The zero-order valence-electron chi connectivity index (χ0n) is 19.8. The molecule has 3 rings (SSSR count). The summed E-state index contributed by atoms with van der Waals surface area (Å²) >= 11 is 0. The molecule has 0 aliphatic heterocycles. The first-order valence-corrected chi connectivity index (χ1v) is 12.4. The molecule has 0 fully saturated rings. The van der Waals surface area contributed by atoms with Gasteiger partial charge < -0.3 is 14.8 Å². The molecule has 34 heavy (non-hydrogen) atoms. The van der Waals surface area contributed by atoms with Crippen molar-refractivity contribution in [2.75, 3.05) is 11.8 Å². The average molecular weight is 483 g/mol. The van der Waals surface area contributed by atoms with Gasteiger partial charge in [0, 0.05) is 12.1 Å². The number of amides is 1. The summed E-state index contributed by atoms with van der Waals surface area (Å²) in [7, 11) is -2.47. The van der Waals surface area contributed by atoms with Gasteiger partial charge >= 0.3 is 0 Å². The van der Waals surface area contributed by atoms with Crippen LogP contribution < -0.4 is 14.8 Å². The molecule has 3 aromatic rings. The van der Waals surface area contributed by atoms with E-state index in [0.29, 0.717) is 30.2 Å². The van der Waals surface area contributed by atoms with Crippen LogP contribution in [-0.2, 0) is 27.9 Å². The lowest BCUT2D eigenvalue weighted by molar-refractivity contribution is 0.0657. The van der Waals surface area contributed by atoms with E-state index in [-0.39, 0.29) is 22.5 Å². The summed E-state index contributed by atoms with van der Waals surface area (Å²) in [6.45, 7) is 6.51. The highest BCUT2D eigenvalue weighted by molar-refractivity contribution is 7.92. The lowest BCUT2D eigenvalue weighted by Gasteiger charge is -2.14. The summed E-state index contributed by atoms with van der Waals surface area (Å²) in [5.74, 6) is 0.0420. The first kappa shape index (κ1) is 25.3. The normalized spacial score (nSPS) is 11.3. The lowest BCUT2D eigenvalue weighted by atomic mass is 10.1. The zero-order chi connectivity index (χ0) is 24.7. The maximum Gasteiger partial charge on any atom is 0.262 e. The maximum atomic E-state index is 13.1. The van der Waals surface area contributed by atoms with E-state index in [1.54, 1.807) is 43.3 Å². The minimum Gasteiger partial charge on any atom is -0.495 e. The molecule has 0 saturated carbocycles. The van der Waals surface area contributed by atoms with Gasteiger partial charge in [-0.3, -0.25) is 9.52 Å². The summed E-state index contributed by atoms with van der Waals surface area (Å²) in [6, 6.07) is 19.1. The van der Waals surface area contributed by atoms with E-state index in [9.17, 15) is 13.2 Å². The van der Waals surface area contributed by atoms with Gasteiger partial charge in [-0.25, -0.2) is 8.42 Å². The number of anilines is 1. The number of sulfonamides is 1. The summed E-state index contributed by atoms with van der Waals surface area (Å²) in [4.78, 5) is 12.8. The van der Waals surface area contributed by atoms with Crippen LogP contribution in [-0.4, -0.2) is 27.5 Å². The van der Waals surface area contributed by atoms with E-state index in [0.717, 1.165) is 11.1 Å². The number of benzene rings is 3. The third-order valence-electron chi connectivity index (χ3n) is 5.15. The number of nitrogens with one attached hydrogen (secondary N) is 2. The van der Waals surface area contributed by atoms with Gasteiger partial charge in [0.15, 0.2) is 0 Å². The van der Waals surface area contributed by atoms with Gasteiger partial charge in [0.05, 0.1) is 30.4 Å². The topological polar surface area (TPSA) is 93.7 Å². The average Bonchev–Trinajstić information content (AvgIpc) is 2.82. The van der Waals surface area contributed by atoms with Crippen LogP contribution >= 0.6 is 0 Å². The number of carbonyl (C=O) groups is 1. The van der Waals surface area contributed by atoms with Crippen LogP contribution in [0.25, 0.3) is 0 Å². The Bertz CT molecular complexity index is 1240. The number of hydrogen-bond donors (Lipinski definition) is 2. The first-order valence-electron chi connectivity index (χ1n) is 10.9. The number of aryl methyl sites for hydroxylation is 1. The second-order valence-corrected chi connectivity index (χ2v) is 9.80. The molecule has 0 aliphatic rings. The molecule has 0 spiro atoms. The number of ether oxygens (including phenoxy) is 2. The fourth-order valence-corrected chi connectivity index (χ4v) is 4.60. The van der Waals surface area contributed by atoms with Crippen molar-refractivity contribution in [3.05, 3.63) is 89.0 Å². The molecule has 180 valence electrons. The Morgan fingerprint density at radius 2 is 1.65 bits per heavy atom. The van der Waals surface area contributed by atoms with Crippen LogP contribution in [0, 0.1) is 6.92 Å². The van der Waals surface area contributed by atoms with Crippen molar-refractivity contribution in [2.24, 2.45) is 0 Å². The third-order valence-corrected chi connectivity index (χ3v) is 6.66. The van der Waals surface area contributed by atoms with E-state index in [1.165, 1.54) is 13.2 Å². The molecule has 3 aromatic carbocycles. The Morgan fingerprint density at radius 3 is 2.32 bits per heavy atom. The second kappa shape index (κ2) is 11.2. The minimum absolute atomic E-state index is 0.0283. The van der Waals surface area contributed by atoms with Crippen LogP contribution in [0.15, 0.2) is 71.6 Å². The SMILES string of the molecule is COc1ccccc1NS(=O)(=O)c1cc(C(=O)NCc2ccc(COC(C)C)cc2)ccc1C. The zero-order valence-corrected chi connectivity index (χ0v) is 20.6. The van der Waals surface area contributed by atoms with E-state index < -0.39 is 10.0 Å². The molecule has 1 amide bonds. The lowest BCUT2D eigenvalue weighted by Crippen LogP contribution is -2.23. The predicted octanol–water partition coefficient (Wildman–Crippen LogP) is 4.66. The van der Waals surface area contributed by atoms with Crippen molar-refractivity contribution in [1.82, 2.24) is 5.32 Å². The predicted molar refractivity (Wildman–Crippen MR) is 133 cm³/mol. The number of carbonyl (C=O) groups excluding carboxylic acids is 1. The fraction of sp³-hybridized carbons (Fsp3) is 0.269. The largest absolute Gasteiger partial charge is 0.495 e. The Hall–Kier alpha value is -3.36. The first-order chi connectivity index (χ1) is 16.2. The van der Waals surface area contributed by atoms with Crippen molar-refractivity contribution < 1.29 is 22.7 Å². The maximum absolute atomic E-state index is 13.1. The Morgan fingerprint density at radius 1 is 0.971 bits per heavy atom. The second-order valence-electron chi connectivity index (χ2n) is 8.14. The Labute approximate surface area is 201 Å². The molecule has 2 N–H and O–H groups in total. The Kier molecular flexibility index (Phi) is 8.31. The highest BCUT2D eigenvalue weighted by atomic mass is 32.2. The molecule has 0 radical (unpaired) electrons. The third kappa shape index (κ3) is 6.59. The van der Waals surface area contributed by atoms with Gasteiger partial charge in [0.2, 0.25) is 0 Å². The van der Waals surface area contributed by atoms with Crippen molar-refractivity contribution in [3.8, 4) is 5.75 Å². The smallest absolute Gasteiger partial charge is 0.262 e. The standard InChI is InChI=1S/C26H30N2O5S/c1-18(2)33-17-21-12-10-20(11-13-21)16-27-26(29)22-14-9-19(3)25(15-22)34(30,31)28-23-7-5-6-8-24(23)32-4/h5-15,18,28H,16-17H2,1-4H3,(H,27,29). The summed E-state index contributed by atoms with van der Waals surface area (Å²) in [5.41, 5.74) is 3.09. The highest BCUT2D eigenvalue weighted by Crippen LogP contribution is 2.27. The van der Waals surface area contributed by atoms with Crippen molar-refractivity contribution in [2.45, 2.75) is 44.9 Å². The van der Waals surface area contributed by atoms with Crippen LogP contribution in [0.1, 0.15) is 40.9 Å². The van der Waals surface area contributed by atoms with Crippen molar-refractivity contribution in [1.29, 1.82) is 0 Å². The van der Waals surface area contributed by atoms with E-state index >= 15 is 0 Å². The highest BCUT2D eigenvalue weighted by Gasteiger charge is 2.20. The van der Waals surface area contributed by atoms with Gasteiger partial charge in [0.1, 0.15) is 5.75 Å². The number of para-hydroxylation sites is 2. The van der Waals surface area contributed by atoms with E-state index in [1.807, 2.05) is 38.1 Å². The number of methoxy groups -OCH3 is 1. The van der Waals surface area contributed by atoms with Crippen LogP contribution in [0.5, 0.6) is 5.75 Å². The van der Waals surface area contributed by atoms with Gasteiger partial charge in [0.25, 0.3) is 15.9 Å². The molecule has 0 heterocycles. The summed E-state index contributed by atoms with van der Waals surface area (Å²) < 4.78 is 39.5. The minimum atomic E-state index is -3.94. The summed E-state index contributed by atoms with van der Waals surface area (Å²) in [6.07, 6.45) is 0.159. The Balaban J connectivity index is 1.70. The van der Waals surface area contributed by atoms with Gasteiger partial charge in [-0.05, 0) is 61.7 Å². The fourth-order valence-electron chi connectivity index (χ4n) is 3.26. The summed E-state index contributed by atoms with van der Waals surface area (Å²) in [5, 5.41) is 2.85. The van der Waals surface area contributed by atoms with E-state index in [2.05, 4.69) is 10.0 Å². The number of rotatable bonds is 10. The molecule has 0 bridgehead atoms. The molecule has 0 unspecified atom stereocenters. The van der Waals surface area contributed by atoms with Crippen molar-refractivity contribution in [3.63, 3.8) is 0 Å². The van der Waals surface area contributed by atoms with E-state index in [4.69, 9.17) is 9.47 Å². The van der Waals surface area contributed by atoms with Gasteiger partial charge in [-0.15, -0.1) is 0 Å². The van der Waals surface area contributed by atoms with Gasteiger partial charge in [-0.1, -0.05) is 42.5 Å². The van der Waals surface area contributed by atoms with Crippen LogP contribution in [0.2, 0.25) is 0 Å². The van der Waals surface area contributed by atoms with Crippen LogP contribution in [0.3, 0.4) is 0 Å². The molecule has 0 atom stereocenters. The molecule has 8 heteroatoms. The van der Waals surface area contributed by atoms with Crippen LogP contribution in [0.4, 0.5) is 5.69 Å². The van der Waals surface area contributed by atoms with Gasteiger partial charge in [-0.2, -0.15) is 0 Å². The molecular weight excluding hydrogens is 452 g/mol. The molecule has 0 aromatic heterocycles.